The van der Waals surface area contributed by atoms with Gasteiger partial charge in [0.05, 0.1) is 0 Å². The minimum atomic E-state index is 0.0417. The Bertz CT molecular complexity index is 1030. The summed E-state index contributed by atoms with van der Waals surface area (Å²) in [7, 11) is 0. The van der Waals surface area contributed by atoms with Gasteiger partial charge in [-0.15, -0.1) is 0 Å². The number of aryl methyl sites for hydroxylation is 1. The van der Waals surface area contributed by atoms with Gasteiger partial charge in [-0.25, -0.2) is 9.97 Å². The van der Waals surface area contributed by atoms with Crippen LogP contribution in [-0.2, 0) is 4.79 Å². The van der Waals surface area contributed by atoms with Crippen LogP contribution in [0, 0.1) is 6.92 Å². The fraction of sp³-hybridized carbons (Fsp3) is 0.250. The van der Waals surface area contributed by atoms with E-state index in [2.05, 4.69) is 26.3 Å². The molecule has 4 rings (SSSR count). The minimum Gasteiger partial charge on any atom is -0.339 e. The second-order valence-electron chi connectivity index (χ2n) is 7.51. The Morgan fingerprint density at radius 2 is 2.07 bits per heavy atom. The van der Waals surface area contributed by atoms with Gasteiger partial charge in [0, 0.05) is 49.9 Å². The molecule has 0 aromatic carbocycles. The minimum absolute atomic E-state index is 0.0417. The van der Waals surface area contributed by atoms with Crippen LogP contribution in [0.5, 0.6) is 0 Å². The van der Waals surface area contributed by atoms with E-state index in [4.69, 9.17) is 0 Å². The SMILES string of the molecule is Cc1cccnc1Nc1cc(C2CCCN(C(=O)C=Cc3cccnc3)C2)ccn1. The van der Waals surface area contributed by atoms with Crippen molar-refractivity contribution in [3.63, 3.8) is 0 Å². The lowest BCUT2D eigenvalue weighted by Gasteiger charge is -2.32. The number of pyridine rings is 3. The van der Waals surface area contributed by atoms with Crippen molar-refractivity contribution >= 4 is 23.6 Å². The van der Waals surface area contributed by atoms with Crippen LogP contribution in [0.1, 0.15) is 35.4 Å². The molecule has 6 nitrogen and oxygen atoms in total. The average molecular weight is 399 g/mol. The molecule has 3 aromatic heterocycles. The molecule has 0 radical (unpaired) electrons. The van der Waals surface area contributed by atoms with Crippen LogP contribution in [0.15, 0.2) is 67.3 Å². The third-order valence-electron chi connectivity index (χ3n) is 5.35. The molecule has 1 atom stereocenters. The van der Waals surface area contributed by atoms with Crippen LogP contribution in [-0.4, -0.2) is 38.8 Å². The van der Waals surface area contributed by atoms with E-state index in [0.717, 1.165) is 42.1 Å². The molecule has 1 N–H and O–H groups in total. The summed E-state index contributed by atoms with van der Waals surface area (Å²) in [6, 6.07) is 11.8. The lowest BCUT2D eigenvalue weighted by molar-refractivity contribution is -0.127. The van der Waals surface area contributed by atoms with Crippen molar-refractivity contribution < 1.29 is 4.79 Å². The van der Waals surface area contributed by atoms with Crippen LogP contribution in [0.4, 0.5) is 11.6 Å². The van der Waals surface area contributed by atoms with Crippen LogP contribution in [0.2, 0.25) is 0 Å². The summed E-state index contributed by atoms with van der Waals surface area (Å²) >= 11 is 0. The molecule has 1 aliphatic rings. The Morgan fingerprint density at radius 3 is 2.90 bits per heavy atom. The van der Waals surface area contributed by atoms with E-state index in [1.165, 1.54) is 5.56 Å². The van der Waals surface area contributed by atoms with Gasteiger partial charge in [0.2, 0.25) is 5.91 Å². The van der Waals surface area contributed by atoms with Crippen LogP contribution in [0.3, 0.4) is 0 Å². The average Bonchev–Trinajstić information content (AvgIpc) is 2.80. The van der Waals surface area contributed by atoms with E-state index in [1.807, 2.05) is 54.4 Å². The first-order valence-corrected chi connectivity index (χ1v) is 10.2. The van der Waals surface area contributed by atoms with Gasteiger partial charge in [0.15, 0.2) is 0 Å². The number of carbonyl (C=O) groups is 1. The van der Waals surface area contributed by atoms with Gasteiger partial charge in [-0.1, -0.05) is 12.1 Å². The summed E-state index contributed by atoms with van der Waals surface area (Å²) in [5.41, 5.74) is 3.18. The smallest absolute Gasteiger partial charge is 0.246 e. The highest BCUT2D eigenvalue weighted by molar-refractivity contribution is 5.91. The van der Waals surface area contributed by atoms with E-state index >= 15 is 0 Å². The van der Waals surface area contributed by atoms with Crippen molar-refractivity contribution in [2.75, 3.05) is 18.4 Å². The van der Waals surface area contributed by atoms with E-state index in [1.54, 1.807) is 24.7 Å². The third-order valence-corrected chi connectivity index (χ3v) is 5.35. The van der Waals surface area contributed by atoms with Gasteiger partial charge in [-0.2, -0.15) is 0 Å². The summed E-state index contributed by atoms with van der Waals surface area (Å²) in [6.07, 6.45) is 12.6. The monoisotopic (exact) mass is 399 g/mol. The first-order chi connectivity index (χ1) is 14.7. The molecule has 152 valence electrons. The molecule has 1 saturated heterocycles. The van der Waals surface area contributed by atoms with Crippen molar-refractivity contribution in [2.45, 2.75) is 25.7 Å². The molecule has 0 spiro atoms. The first-order valence-electron chi connectivity index (χ1n) is 10.2. The topological polar surface area (TPSA) is 71.0 Å². The Hall–Kier alpha value is -3.54. The third kappa shape index (κ3) is 4.89. The maximum atomic E-state index is 12.7. The number of likely N-dealkylation sites (tertiary alicyclic amines) is 1. The van der Waals surface area contributed by atoms with Crippen molar-refractivity contribution in [3.8, 4) is 0 Å². The van der Waals surface area contributed by atoms with Gasteiger partial charge < -0.3 is 10.2 Å². The van der Waals surface area contributed by atoms with E-state index in [9.17, 15) is 4.79 Å². The number of hydrogen-bond donors (Lipinski definition) is 1. The summed E-state index contributed by atoms with van der Waals surface area (Å²) in [5.74, 6) is 1.92. The summed E-state index contributed by atoms with van der Waals surface area (Å²) in [4.78, 5) is 27.5. The van der Waals surface area contributed by atoms with Gasteiger partial charge in [-0.3, -0.25) is 9.78 Å². The van der Waals surface area contributed by atoms with E-state index in [-0.39, 0.29) is 5.91 Å². The fourth-order valence-electron chi connectivity index (χ4n) is 3.70. The Kier molecular flexibility index (Phi) is 6.13. The van der Waals surface area contributed by atoms with E-state index in [0.29, 0.717) is 12.5 Å². The molecule has 1 amide bonds. The van der Waals surface area contributed by atoms with Crippen LogP contribution >= 0.6 is 0 Å². The zero-order chi connectivity index (χ0) is 20.8. The maximum Gasteiger partial charge on any atom is 0.246 e. The first kappa shape index (κ1) is 19.8. The highest BCUT2D eigenvalue weighted by Gasteiger charge is 2.24. The molecule has 0 aliphatic carbocycles. The Morgan fingerprint density at radius 1 is 1.17 bits per heavy atom. The zero-order valence-corrected chi connectivity index (χ0v) is 17.0. The zero-order valence-electron chi connectivity index (χ0n) is 17.0. The summed E-state index contributed by atoms with van der Waals surface area (Å²) in [6.45, 7) is 3.52. The highest BCUT2D eigenvalue weighted by Crippen LogP contribution is 2.29. The van der Waals surface area contributed by atoms with Crippen molar-refractivity contribution in [1.29, 1.82) is 0 Å². The van der Waals surface area contributed by atoms with Gasteiger partial charge in [0.25, 0.3) is 0 Å². The van der Waals surface area contributed by atoms with Crippen LogP contribution in [0.25, 0.3) is 6.08 Å². The number of piperidine rings is 1. The molecule has 1 aliphatic heterocycles. The number of amides is 1. The second-order valence-corrected chi connectivity index (χ2v) is 7.51. The number of carbonyl (C=O) groups excluding carboxylic acids is 1. The molecular formula is C24H25N5O. The Balaban J connectivity index is 1.43. The number of aromatic nitrogens is 3. The largest absolute Gasteiger partial charge is 0.339 e. The molecule has 0 bridgehead atoms. The molecule has 3 aromatic rings. The maximum absolute atomic E-state index is 12.7. The standard InChI is InChI=1S/C24H25N5O/c1-18-5-2-12-27-24(18)28-22-15-20(10-13-26-22)21-7-4-14-29(17-21)23(30)9-8-19-6-3-11-25-16-19/h2-3,5-6,8-13,15-16,21H,4,7,14,17H2,1H3,(H,26,27,28). The highest BCUT2D eigenvalue weighted by atomic mass is 16.2. The molecule has 4 heterocycles. The van der Waals surface area contributed by atoms with Gasteiger partial charge in [0.1, 0.15) is 11.6 Å². The second kappa shape index (κ2) is 9.31. The van der Waals surface area contributed by atoms with Gasteiger partial charge >= 0.3 is 0 Å². The normalized spacial score (nSPS) is 16.6. The Labute approximate surface area is 176 Å². The number of nitrogens with one attached hydrogen (secondary N) is 1. The predicted octanol–water partition coefficient (Wildman–Crippen LogP) is 4.34. The van der Waals surface area contributed by atoms with Gasteiger partial charge in [-0.05, 0) is 66.8 Å². The molecular weight excluding hydrogens is 374 g/mol. The quantitative estimate of drug-likeness (QED) is 0.646. The van der Waals surface area contributed by atoms with Crippen molar-refractivity contribution in [3.05, 3.63) is 84.0 Å². The number of nitrogens with zero attached hydrogens (tertiary/aromatic N) is 4. The van der Waals surface area contributed by atoms with Crippen molar-refractivity contribution in [2.24, 2.45) is 0 Å². The summed E-state index contributed by atoms with van der Waals surface area (Å²) in [5, 5.41) is 3.30. The molecule has 6 heteroatoms. The van der Waals surface area contributed by atoms with Crippen LogP contribution < -0.4 is 5.32 Å². The molecule has 30 heavy (non-hydrogen) atoms. The lowest BCUT2D eigenvalue weighted by atomic mass is 9.91. The van der Waals surface area contributed by atoms with Crippen molar-refractivity contribution in [1.82, 2.24) is 19.9 Å². The molecule has 0 saturated carbocycles. The molecule has 1 fully saturated rings. The number of anilines is 2. The predicted molar refractivity (Wildman–Crippen MR) is 118 cm³/mol. The summed E-state index contributed by atoms with van der Waals surface area (Å²) < 4.78 is 0. The lowest BCUT2D eigenvalue weighted by Crippen LogP contribution is -2.38. The number of rotatable bonds is 5. The fourth-order valence-corrected chi connectivity index (χ4v) is 3.70. The number of hydrogen-bond acceptors (Lipinski definition) is 5. The molecule has 1 unspecified atom stereocenters. The van der Waals surface area contributed by atoms with E-state index < -0.39 is 0 Å².